The van der Waals surface area contributed by atoms with Gasteiger partial charge in [-0.2, -0.15) is 0 Å². The summed E-state index contributed by atoms with van der Waals surface area (Å²) in [6, 6.07) is 0. The van der Waals surface area contributed by atoms with E-state index in [2.05, 4.69) is 4.90 Å². The topological polar surface area (TPSA) is 38.8 Å². The molecule has 0 N–H and O–H groups in total. The highest BCUT2D eigenvalue weighted by Gasteiger charge is 2.22. The first-order valence-electron chi connectivity index (χ1n) is 5.97. The van der Waals surface area contributed by atoms with Crippen LogP contribution in [-0.2, 0) is 14.3 Å². The molecule has 102 valence electrons. The van der Waals surface area contributed by atoms with E-state index >= 15 is 0 Å². The molecule has 1 aliphatic rings. The summed E-state index contributed by atoms with van der Waals surface area (Å²) in [7, 11) is 0. The summed E-state index contributed by atoms with van der Waals surface area (Å²) in [5.41, 5.74) is -0.390. The lowest BCUT2D eigenvalue weighted by molar-refractivity contribution is -0.153. The molecule has 0 aromatic carbocycles. The van der Waals surface area contributed by atoms with Crippen molar-refractivity contribution in [1.82, 2.24) is 4.90 Å². The Kier molecular flexibility index (Phi) is 7.75. The van der Waals surface area contributed by atoms with E-state index in [-0.39, 0.29) is 23.8 Å². The lowest BCUT2D eigenvalue weighted by atomic mass is 9.97. The molecule has 1 aliphatic heterocycles. The van der Waals surface area contributed by atoms with Crippen LogP contribution in [0.3, 0.4) is 0 Å². The monoisotopic (exact) mass is 265 g/mol. The van der Waals surface area contributed by atoms with Gasteiger partial charge in [-0.05, 0) is 27.2 Å². The zero-order valence-electron chi connectivity index (χ0n) is 11.0. The Bertz CT molecular complexity index is 222. The van der Waals surface area contributed by atoms with E-state index in [0.717, 1.165) is 39.3 Å². The fraction of sp³-hybridized carbons (Fsp3) is 0.917. The highest BCUT2D eigenvalue weighted by molar-refractivity contribution is 5.85. The molecular weight excluding hydrogens is 242 g/mol. The Morgan fingerprint density at radius 1 is 1.29 bits per heavy atom. The number of morpholine rings is 1. The first-order valence-corrected chi connectivity index (χ1v) is 5.97. The van der Waals surface area contributed by atoms with Crippen molar-refractivity contribution < 1.29 is 14.3 Å². The fourth-order valence-corrected chi connectivity index (χ4v) is 1.49. The average Bonchev–Trinajstić information content (AvgIpc) is 2.24. The minimum Gasteiger partial charge on any atom is -0.465 e. The molecule has 0 spiro atoms. The molecule has 0 unspecified atom stereocenters. The third-order valence-corrected chi connectivity index (χ3v) is 2.57. The SMILES string of the molecule is CC(C)(C)C(=O)OCCCN1CCOCC1.Cl. The maximum atomic E-state index is 11.5. The van der Waals surface area contributed by atoms with Crippen LogP contribution in [0.4, 0.5) is 0 Å². The van der Waals surface area contributed by atoms with Gasteiger partial charge in [-0.3, -0.25) is 9.69 Å². The lowest BCUT2D eigenvalue weighted by Gasteiger charge is -2.26. The van der Waals surface area contributed by atoms with Crippen molar-refractivity contribution in [2.45, 2.75) is 27.2 Å². The summed E-state index contributed by atoms with van der Waals surface area (Å²) in [4.78, 5) is 13.8. The van der Waals surface area contributed by atoms with Gasteiger partial charge in [0.2, 0.25) is 0 Å². The number of carbonyl (C=O) groups excluding carboxylic acids is 1. The van der Waals surface area contributed by atoms with Crippen LogP contribution in [0.25, 0.3) is 0 Å². The summed E-state index contributed by atoms with van der Waals surface area (Å²) in [6.07, 6.45) is 0.905. The molecule has 0 saturated carbocycles. The average molecular weight is 266 g/mol. The van der Waals surface area contributed by atoms with Gasteiger partial charge in [0.1, 0.15) is 0 Å². The van der Waals surface area contributed by atoms with Gasteiger partial charge in [-0.15, -0.1) is 12.4 Å². The molecule has 1 saturated heterocycles. The van der Waals surface area contributed by atoms with Crippen molar-refractivity contribution in [3.63, 3.8) is 0 Å². The van der Waals surface area contributed by atoms with Gasteiger partial charge in [0, 0.05) is 19.6 Å². The quantitative estimate of drug-likeness (QED) is 0.573. The van der Waals surface area contributed by atoms with E-state index in [1.54, 1.807) is 0 Å². The van der Waals surface area contributed by atoms with Gasteiger partial charge in [0.05, 0.1) is 25.2 Å². The zero-order valence-corrected chi connectivity index (χ0v) is 11.8. The predicted molar refractivity (Wildman–Crippen MR) is 69.5 cm³/mol. The minimum atomic E-state index is -0.390. The maximum Gasteiger partial charge on any atom is 0.311 e. The number of carbonyl (C=O) groups is 1. The number of esters is 1. The largest absolute Gasteiger partial charge is 0.465 e. The van der Waals surface area contributed by atoms with Crippen molar-refractivity contribution in [3.05, 3.63) is 0 Å². The Morgan fingerprint density at radius 3 is 2.41 bits per heavy atom. The Balaban J connectivity index is 0.00000256. The van der Waals surface area contributed by atoms with Crippen LogP contribution in [0.2, 0.25) is 0 Å². The van der Waals surface area contributed by atoms with E-state index in [4.69, 9.17) is 9.47 Å². The summed E-state index contributed by atoms with van der Waals surface area (Å²) in [5.74, 6) is -0.116. The number of halogens is 1. The van der Waals surface area contributed by atoms with Crippen molar-refractivity contribution >= 4 is 18.4 Å². The second-order valence-corrected chi connectivity index (χ2v) is 5.19. The normalized spacial score (nSPS) is 17.4. The van der Waals surface area contributed by atoms with Gasteiger partial charge in [0.15, 0.2) is 0 Å². The molecule has 0 bridgehead atoms. The standard InChI is InChI=1S/C12H23NO3.ClH/c1-12(2,3)11(14)16-8-4-5-13-6-9-15-10-7-13;/h4-10H2,1-3H3;1H. The third-order valence-electron chi connectivity index (χ3n) is 2.57. The number of hydrogen-bond donors (Lipinski definition) is 0. The highest BCUT2D eigenvalue weighted by atomic mass is 35.5. The lowest BCUT2D eigenvalue weighted by Crippen LogP contribution is -2.37. The first-order chi connectivity index (χ1) is 7.50. The van der Waals surface area contributed by atoms with Gasteiger partial charge >= 0.3 is 5.97 Å². The van der Waals surface area contributed by atoms with Crippen molar-refractivity contribution in [1.29, 1.82) is 0 Å². The second kappa shape index (κ2) is 7.90. The van der Waals surface area contributed by atoms with Crippen LogP contribution in [0.5, 0.6) is 0 Å². The van der Waals surface area contributed by atoms with Crippen LogP contribution in [0, 0.1) is 5.41 Å². The molecule has 1 rings (SSSR count). The van der Waals surface area contributed by atoms with E-state index in [0.29, 0.717) is 6.61 Å². The van der Waals surface area contributed by atoms with Gasteiger partial charge in [0.25, 0.3) is 0 Å². The molecule has 0 aromatic rings. The van der Waals surface area contributed by atoms with Crippen LogP contribution in [0.15, 0.2) is 0 Å². The highest BCUT2D eigenvalue weighted by Crippen LogP contribution is 2.15. The third kappa shape index (κ3) is 6.86. The first kappa shape index (κ1) is 16.7. The fourth-order valence-electron chi connectivity index (χ4n) is 1.49. The molecule has 0 amide bonds. The molecule has 5 heteroatoms. The molecular formula is C12H24ClNO3. The Labute approximate surface area is 110 Å². The van der Waals surface area contributed by atoms with Crippen LogP contribution in [0.1, 0.15) is 27.2 Å². The maximum absolute atomic E-state index is 11.5. The van der Waals surface area contributed by atoms with E-state index in [1.165, 1.54) is 0 Å². The van der Waals surface area contributed by atoms with E-state index < -0.39 is 0 Å². The van der Waals surface area contributed by atoms with E-state index in [9.17, 15) is 4.79 Å². The minimum absolute atomic E-state index is 0. The Hall–Kier alpha value is -0.320. The van der Waals surface area contributed by atoms with Crippen molar-refractivity contribution in [3.8, 4) is 0 Å². The predicted octanol–water partition coefficient (Wildman–Crippen LogP) is 1.72. The molecule has 17 heavy (non-hydrogen) atoms. The molecule has 0 aliphatic carbocycles. The summed E-state index contributed by atoms with van der Waals surface area (Å²) in [6.45, 7) is 10.8. The zero-order chi connectivity index (χ0) is 12.0. The molecule has 1 fully saturated rings. The van der Waals surface area contributed by atoms with Crippen LogP contribution < -0.4 is 0 Å². The smallest absolute Gasteiger partial charge is 0.311 e. The van der Waals surface area contributed by atoms with Gasteiger partial charge in [-0.1, -0.05) is 0 Å². The summed E-state index contributed by atoms with van der Waals surface area (Å²) < 4.78 is 10.5. The number of rotatable bonds is 4. The van der Waals surface area contributed by atoms with Crippen molar-refractivity contribution in [2.75, 3.05) is 39.5 Å². The molecule has 0 aromatic heterocycles. The van der Waals surface area contributed by atoms with Crippen LogP contribution >= 0.6 is 12.4 Å². The Morgan fingerprint density at radius 2 is 1.88 bits per heavy atom. The summed E-state index contributed by atoms with van der Waals surface area (Å²) in [5, 5.41) is 0. The van der Waals surface area contributed by atoms with E-state index in [1.807, 2.05) is 20.8 Å². The van der Waals surface area contributed by atoms with Gasteiger partial charge < -0.3 is 9.47 Å². The number of ether oxygens (including phenoxy) is 2. The summed E-state index contributed by atoms with van der Waals surface area (Å²) >= 11 is 0. The number of hydrogen-bond acceptors (Lipinski definition) is 4. The molecule has 1 heterocycles. The van der Waals surface area contributed by atoms with Crippen molar-refractivity contribution in [2.24, 2.45) is 5.41 Å². The van der Waals surface area contributed by atoms with Gasteiger partial charge in [-0.25, -0.2) is 0 Å². The number of nitrogens with zero attached hydrogens (tertiary/aromatic N) is 1. The van der Waals surface area contributed by atoms with Crippen LogP contribution in [-0.4, -0.2) is 50.3 Å². The molecule has 0 atom stereocenters. The molecule has 4 nitrogen and oxygen atoms in total. The molecule has 0 radical (unpaired) electrons. The second-order valence-electron chi connectivity index (χ2n) is 5.19.